The molecule has 0 aromatic heterocycles. The zero-order valence-electron chi connectivity index (χ0n) is 10.7. The van der Waals surface area contributed by atoms with Gasteiger partial charge in [-0.1, -0.05) is 25.4 Å². The zero-order valence-corrected chi connectivity index (χ0v) is 11.4. The highest BCUT2D eigenvalue weighted by atomic mass is 35.5. The summed E-state index contributed by atoms with van der Waals surface area (Å²) in [6, 6.07) is 4.75. The quantitative estimate of drug-likeness (QED) is 0.717. The molecule has 0 unspecified atom stereocenters. The van der Waals surface area contributed by atoms with Crippen LogP contribution < -0.4 is 11.1 Å². The molecule has 4 nitrogen and oxygen atoms in total. The largest absolute Gasteiger partial charge is 0.399 e. The van der Waals surface area contributed by atoms with Crippen molar-refractivity contribution in [3.63, 3.8) is 0 Å². The Hall–Kier alpha value is -1.26. The van der Waals surface area contributed by atoms with Crippen molar-refractivity contribution in [3.8, 4) is 0 Å². The minimum Gasteiger partial charge on any atom is -0.399 e. The summed E-state index contributed by atoms with van der Waals surface area (Å²) in [6.45, 7) is 4.55. The summed E-state index contributed by atoms with van der Waals surface area (Å²) < 4.78 is 0. The van der Waals surface area contributed by atoms with Crippen LogP contribution in [0.3, 0.4) is 0 Å². The Morgan fingerprint density at radius 1 is 1.44 bits per heavy atom. The number of carbonyl (C=O) groups is 1. The molecule has 0 aliphatic carbocycles. The van der Waals surface area contributed by atoms with Gasteiger partial charge in [0.05, 0.1) is 0 Å². The number of nitrogen functional groups attached to an aromatic ring is 1. The van der Waals surface area contributed by atoms with Crippen LogP contribution in [0.15, 0.2) is 18.2 Å². The van der Waals surface area contributed by atoms with Crippen LogP contribution in [0.5, 0.6) is 0 Å². The molecular formula is C13H19ClN2O2. The van der Waals surface area contributed by atoms with Crippen LogP contribution in [0.1, 0.15) is 30.6 Å². The van der Waals surface area contributed by atoms with E-state index in [1.807, 2.05) is 13.8 Å². The number of amides is 1. The fraction of sp³-hybridized carbons (Fsp3) is 0.462. The van der Waals surface area contributed by atoms with Gasteiger partial charge in [-0.25, -0.2) is 0 Å². The van der Waals surface area contributed by atoms with E-state index in [0.29, 0.717) is 29.2 Å². The number of hydrogen-bond acceptors (Lipinski definition) is 3. The molecule has 4 N–H and O–H groups in total. The van der Waals surface area contributed by atoms with E-state index < -0.39 is 0 Å². The van der Waals surface area contributed by atoms with E-state index in [1.54, 1.807) is 18.2 Å². The smallest absolute Gasteiger partial charge is 0.251 e. The van der Waals surface area contributed by atoms with Crippen LogP contribution in [-0.4, -0.2) is 24.2 Å². The molecular weight excluding hydrogens is 252 g/mol. The molecule has 1 aromatic rings. The molecule has 0 spiro atoms. The Kier molecular flexibility index (Phi) is 4.99. The summed E-state index contributed by atoms with van der Waals surface area (Å²) >= 11 is 5.84. The number of nitrogens with two attached hydrogens (primary N) is 1. The van der Waals surface area contributed by atoms with Crippen molar-refractivity contribution in [3.05, 3.63) is 28.8 Å². The maximum Gasteiger partial charge on any atom is 0.251 e. The molecule has 0 bridgehead atoms. The summed E-state index contributed by atoms with van der Waals surface area (Å²) in [4.78, 5) is 11.9. The van der Waals surface area contributed by atoms with Gasteiger partial charge < -0.3 is 16.2 Å². The fourth-order valence-corrected chi connectivity index (χ4v) is 1.80. The topological polar surface area (TPSA) is 75.3 Å². The van der Waals surface area contributed by atoms with E-state index in [2.05, 4.69) is 5.32 Å². The molecule has 1 amide bonds. The Labute approximate surface area is 112 Å². The summed E-state index contributed by atoms with van der Waals surface area (Å²) in [5.74, 6) is -0.213. The predicted octanol–water partition coefficient (Wildman–Crippen LogP) is 2.06. The number of hydrogen-bond donors (Lipinski definition) is 3. The zero-order chi connectivity index (χ0) is 13.8. The second kappa shape index (κ2) is 6.07. The van der Waals surface area contributed by atoms with Crippen molar-refractivity contribution in [2.24, 2.45) is 5.41 Å². The Balaban J connectivity index is 2.66. The molecule has 18 heavy (non-hydrogen) atoms. The molecule has 5 heteroatoms. The van der Waals surface area contributed by atoms with Gasteiger partial charge in [0.15, 0.2) is 0 Å². The summed E-state index contributed by atoms with van der Waals surface area (Å²) in [5.41, 5.74) is 6.39. The third-order valence-corrected chi connectivity index (χ3v) is 2.92. The van der Waals surface area contributed by atoms with Crippen LogP contribution >= 0.6 is 11.6 Å². The molecule has 1 aromatic carbocycles. The van der Waals surface area contributed by atoms with Crippen molar-refractivity contribution < 1.29 is 9.90 Å². The lowest BCUT2D eigenvalue weighted by Crippen LogP contribution is -2.34. The van der Waals surface area contributed by atoms with Crippen LogP contribution in [-0.2, 0) is 0 Å². The van der Waals surface area contributed by atoms with E-state index in [4.69, 9.17) is 22.4 Å². The Morgan fingerprint density at radius 2 is 2.11 bits per heavy atom. The summed E-state index contributed by atoms with van der Waals surface area (Å²) in [5, 5.41) is 12.2. The molecule has 0 aliphatic rings. The third-order valence-electron chi connectivity index (χ3n) is 2.70. The SMILES string of the molecule is CC(C)(CCO)CNC(=O)c1cc(N)cc(Cl)c1. The number of rotatable bonds is 5. The van der Waals surface area contributed by atoms with Crippen molar-refractivity contribution in [2.75, 3.05) is 18.9 Å². The first-order valence-electron chi connectivity index (χ1n) is 5.79. The van der Waals surface area contributed by atoms with Crippen LogP contribution in [0, 0.1) is 5.41 Å². The number of halogens is 1. The average molecular weight is 271 g/mol. The van der Waals surface area contributed by atoms with E-state index in [-0.39, 0.29) is 17.9 Å². The molecule has 0 radical (unpaired) electrons. The second-order valence-electron chi connectivity index (χ2n) is 5.09. The van der Waals surface area contributed by atoms with Gasteiger partial charge in [0.1, 0.15) is 0 Å². The van der Waals surface area contributed by atoms with Crippen LogP contribution in [0.2, 0.25) is 5.02 Å². The lowest BCUT2D eigenvalue weighted by Gasteiger charge is -2.23. The van der Waals surface area contributed by atoms with Gasteiger partial charge >= 0.3 is 0 Å². The van der Waals surface area contributed by atoms with Crippen LogP contribution in [0.4, 0.5) is 5.69 Å². The Morgan fingerprint density at radius 3 is 2.67 bits per heavy atom. The number of aliphatic hydroxyl groups excluding tert-OH is 1. The fourth-order valence-electron chi connectivity index (χ4n) is 1.56. The van der Waals surface area contributed by atoms with Crippen molar-refractivity contribution in [2.45, 2.75) is 20.3 Å². The predicted molar refractivity (Wildman–Crippen MR) is 73.7 cm³/mol. The second-order valence-corrected chi connectivity index (χ2v) is 5.53. The minimum atomic E-state index is -0.213. The van der Waals surface area contributed by atoms with E-state index in [9.17, 15) is 4.79 Å². The average Bonchev–Trinajstić information content (AvgIpc) is 2.24. The lowest BCUT2D eigenvalue weighted by molar-refractivity contribution is 0.0928. The van der Waals surface area contributed by atoms with Gasteiger partial charge in [0, 0.05) is 29.4 Å². The normalized spacial score (nSPS) is 11.3. The highest BCUT2D eigenvalue weighted by Gasteiger charge is 2.18. The Bertz CT molecular complexity index is 413. The number of nitrogens with one attached hydrogen (secondary N) is 1. The van der Waals surface area contributed by atoms with Gasteiger partial charge in [-0.2, -0.15) is 0 Å². The van der Waals surface area contributed by atoms with E-state index >= 15 is 0 Å². The first kappa shape index (κ1) is 14.8. The molecule has 0 fully saturated rings. The van der Waals surface area contributed by atoms with Crippen LogP contribution in [0.25, 0.3) is 0 Å². The number of aliphatic hydroxyl groups is 1. The van der Waals surface area contributed by atoms with Gasteiger partial charge in [-0.05, 0) is 30.0 Å². The standard InChI is InChI=1S/C13H19ClN2O2/c1-13(2,3-4-17)8-16-12(18)9-5-10(14)7-11(15)6-9/h5-7,17H,3-4,8,15H2,1-2H3,(H,16,18). The van der Waals surface area contributed by atoms with Crippen molar-refractivity contribution in [1.82, 2.24) is 5.32 Å². The highest BCUT2D eigenvalue weighted by molar-refractivity contribution is 6.31. The van der Waals surface area contributed by atoms with Gasteiger partial charge in [0.25, 0.3) is 5.91 Å². The minimum absolute atomic E-state index is 0.104. The molecule has 0 atom stereocenters. The summed E-state index contributed by atoms with van der Waals surface area (Å²) in [6.07, 6.45) is 0.630. The lowest BCUT2D eigenvalue weighted by atomic mass is 9.89. The van der Waals surface area contributed by atoms with Crippen molar-refractivity contribution in [1.29, 1.82) is 0 Å². The third kappa shape index (κ3) is 4.55. The molecule has 1 rings (SSSR count). The molecule has 0 saturated heterocycles. The summed E-state index contributed by atoms with van der Waals surface area (Å²) in [7, 11) is 0. The van der Waals surface area contributed by atoms with Gasteiger partial charge in [0.2, 0.25) is 0 Å². The maximum atomic E-state index is 11.9. The first-order valence-corrected chi connectivity index (χ1v) is 6.17. The van der Waals surface area contributed by atoms with Gasteiger partial charge in [-0.3, -0.25) is 4.79 Å². The monoisotopic (exact) mass is 270 g/mol. The van der Waals surface area contributed by atoms with Crippen molar-refractivity contribution >= 4 is 23.2 Å². The molecule has 0 saturated carbocycles. The van der Waals surface area contributed by atoms with E-state index in [0.717, 1.165) is 0 Å². The number of benzene rings is 1. The van der Waals surface area contributed by atoms with E-state index in [1.165, 1.54) is 0 Å². The number of carbonyl (C=O) groups excluding carboxylic acids is 1. The maximum absolute atomic E-state index is 11.9. The number of anilines is 1. The highest BCUT2D eigenvalue weighted by Crippen LogP contribution is 2.19. The van der Waals surface area contributed by atoms with Gasteiger partial charge in [-0.15, -0.1) is 0 Å². The molecule has 100 valence electrons. The molecule has 0 aliphatic heterocycles. The first-order chi connectivity index (χ1) is 8.34. The molecule has 0 heterocycles.